The SMILES string of the molecule is CC[C@H](C(=O)NC1CCCC1)N(Cc1cccc(C)c1)C(=O)COc1ccccc1C(C)C. The minimum absolute atomic E-state index is 0.0621. The quantitative estimate of drug-likeness (QED) is 0.530. The first-order valence-electron chi connectivity index (χ1n) is 12.3. The maximum absolute atomic E-state index is 13.4. The van der Waals surface area contributed by atoms with E-state index in [1.165, 1.54) is 0 Å². The lowest BCUT2D eigenvalue weighted by molar-refractivity contribution is -0.143. The van der Waals surface area contributed by atoms with Gasteiger partial charge in [-0.1, -0.05) is 81.6 Å². The number of carbonyl (C=O) groups is 2. The molecule has 0 heterocycles. The van der Waals surface area contributed by atoms with Crippen molar-refractivity contribution < 1.29 is 14.3 Å². The maximum Gasteiger partial charge on any atom is 0.261 e. The number of para-hydroxylation sites is 1. The van der Waals surface area contributed by atoms with E-state index >= 15 is 0 Å². The molecule has 1 aliphatic carbocycles. The van der Waals surface area contributed by atoms with Crippen molar-refractivity contribution >= 4 is 11.8 Å². The van der Waals surface area contributed by atoms with Gasteiger partial charge in [0.25, 0.3) is 5.91 Å². The minimum atomic E-state index is -0.525. The number of carbonyl (C=O) groups excluding carboxylic acids is 2. The monoisotopic (exact) mass is 450 g/mol. The second-order valence-corrected chi connectivity index (χ2v) is 9.41. The molecular weight excluding hydrogens is 412 g/mol. The van der Waals surface area contributed by atoms with Crippen LogP contribution in [0.25, 0.3) is 0 Å². The fourth-order valence-electron chi connectivity index (χ4n) is 4.61. The van der Waals surface area contributed by atoms with E-state index in [0.717, 1.165) is 48.1 Å². The van der Waals surface area contributed by atoms with Crippen LogP contribution in [-0.4, -0.2) is 35.4 Å². The smallest absolute Gasteiger partial charge is 0.261 e. The molecule has 0 aromatic heterocycles. The lowest BCUT2D eigenvalue weighted by Crippen LogP contribution is -2.52. The van der Waals surface area contributed by atoms with Crippen LogP contribution in [0.5, 0.6) is 5.75 Å². The molecule has 33 heavy (non-hydrogen) atoms. The Hall–Kier alpha value is -2.82. The van der Waals surface area contributed by atoms with Crippen LogP contribution < -0.4 is 10.1 Å². The first-order valence-corrected chi connectivity index (χ1v) is 12.3. The number of benzene rings is 2. The first kappa shape index (κ1) is 24.8. The predicted octanol–water partition coefficient (Wildman–Crippen LogP) is 5.36. The van der Waals surface area contributed by atoms with Crippen LogP contribution in [-0.2, 0) is 16.1 Å². The van der Waals surface area contributed by atoms with Gasteiger partial charge in [0.15, 0.2) is 6.61 Å². The highest BCUT2D eigenvalue weighted by molar-refractivity contribution is 5.88. The van der Waals surface area contributed by atoms with Crippen molar-refractivity contribution in [3.63, 3.8) is 0 Å². The topological polar surface area (TPSA) is 58.6 Å². The number of rotatable bonds is 10. The molecule has 1 aliphatic rings. The van der Waals surface area contributed by atoms with E-state index in [9.17, 15) is 9.59 Å². The van der Waals surface area contributed by atoms with Gasteiger partial charge < -0.3 is 15.0 Å². The van der Waals surface area contributed by atoms with E-state index in [1.54, 1.807) is 4.90 Å². The highest BCUT2D eigenvalue weighted by atomic mass is 16.5. The summed E-state index contributed by atoms with van der Waals surface area (Å²) in [6, 6.07) is 15.6. The van der Waals surface area contributed by atoms with Gasteiger partial charge in [-0.25, -0.2) is 0 Å². The molecule has 1 fully saturated rings. The Kier molecular flexibility index (Phi) is 8.93. The Morgan fingerprint density at radius 2 is 1.82 bits per heavy atom. The summed E-state index contributed by atoms with van der Waals surface area (Å²) in [6.07, 6.45) is 4.89. The van der Waals surface area contributed by atoms with Crippen molar-refractivity contribution in [2.45, 2.75) is 84.3 Å². The van der Waals surface area contributed by atoms with E-state index in [1.807, 2.05) is 56.3 Å². The highest BCUT2D eigenvalue weighted by Gasteiger charge is 2.31. The number of nitrogens with zero attached hydrogens (tertiary/aromatic N) is 1. The molecular formula is C28H38N2O3. The molecule has 0 radical (unpaired) electrons. The zero-order valence-electron chi connectivity index (χ0n) is 20.5. The van der Waals surface area contributed by atoms with Gasteiger partial charge >= 0.3 is 0 Å². The Morgan fingerprint density at radius 3 is 2.48 bits per heavy atom. The number of aryl methyl sites for hydroxylation is 1. The number of ether oxygens (including phenoxy) is 1. The van der Waals surface area contributed by atoms with Crippen LogP contribution in [0, 0.1) is 6.92 Å². The van der Waals surface area contributed by atoms with E-state index in [2.05, 4.69) is 25.2 Å². The molecule has 178 valence electrons. The van der Waals surface area contributed by atoms with E-state index < -0.39 is 6.04 Å². The zero-order valence-corrected chi connectivity index (χ0v) is 20.5. The highest BCUT2D eigenvalue weighted by Crippen LogP contribution is 2.26. The van der Waals surface area contributed by atoms with Gasteiger partial charge in [0.2, 0.25) is 5.91 Å². The van der Waals surface area contributed by atoms with Crippen molar-refractivity contribution in [1.29, 1.82) is 0 Å². The Bertz CT molecular complexity index is 934. The van der Waals surface area contributed by atoms with Gasteiger partial charge in [0.1, 0.15) is 11.8 Å². The standard InChI is InChI=1S/C28H38N2O3/c1-5-25(28(32)29-23-13-6-7-14-23)30(18-22-12-10-11-21(4)17-22)27(31)19-33-26-16-9-8-15-24(26)20(2)3/h8-12,15-17,20,23,25H,5-7,13-14,18-19H2,1-4H3,(H,29,32)/t25-/m1/s1. The van der Waals surface area contributed by atoms with Crippen LogP contribution in [0.4, 0.5) is 0 Å². The Morgan fingerprint density at radius 1 is 1.09 bits per heavy atom. The molecule has 0 unspecified atom stereocenters. The maximum atomic E-state index is 13.4. The largest absolute Gasteiger partial charge is 0.483 e. The molecule has 1 atom stereocenters. The molecule has 0 saturated heterocycles. The average Bonchev–Trinajstić information content (AvgIpc) is 3.30. The second kappa shape index (κ2) is 11.9. The second-order valence-electron chi connectivity index (χ2n) is 9.41. The summed E-state index contributed by atoms with van der Waals surface area (Å²) in [5.41, 5.74) is 3.21. The molecule has 5 heteroatoms. The summed E-state index contributed by atoms with van der Waals surface area (Å²) in [7, 11) is 0. The summed E-state index contributed by atoms with van der Waals surface area (Å²) in [6.45, 7) is 8.49. The van der Waals surface area contributed by atoms with Crippen LogP contribution in [0.3, 0.4) is 0 Å². The predicted molar refractivity (Wildman–Crippen MR) is 132 cm³/mol. The van der Waals surface area contributed by atoms with E-state index in [0.29, 0.717) is 18.9 Å². The first-order chi connectivity index (χ1) is 15.9. The average molecular weight is 451 g/mol. The van der Waals surface area contributed by atoms with Gasteiger partial charge in [0, 0.05) is 12.6 Å². The Labute approximate surface area is 198 Å². The Balaban J connectivity index is 1.79. The molecule has 1 N–H and O–H groups in total. The van der Waals surface area contributed by atoms with Gasteiger partial charge in [0.05, 0.1) is 0 Å². The normalized spacial score (nSPS) is 14.8. The van der Waals surface area contributed by atoms with Crippen molar-refractivity contribution in [2.24, 2.45) is 0 Å². The molecule has 1 saturated carbocycles. The zero-order chi connectivity index (χ0) is 23.8. The van der Waals surface area contributed by atoms with Crippen LogP contribution in [0.1, 0.15) is 75.5 Å². The molecule has 0 bridgehead atoms. The lowest BCUT2D eigenvalue weighted by Gasteiger charge is -2.31. The lowest BCUT2D eigenvalue weighted by atomic mass is 10.0. The molecule has 0 aliphatic heterocycles. The van der Waals surface area contributed by atoms with Gasteiger partial charge in [-0.15, -0.1) is 0 Å². The van der Waals surface area contributed by atoms with E-state index in [-0.39, 0.29) is 24.5 Å². The summed E-state index contributed by atoms with van der Waals surface area (Å²) < 4.78 is 5.99. The van der Waals surface area contributed by atoms with Crippen molar-refractivity contribution in [2.75, 3.05) is 6.61 Å². The summed E-state index contributed by atoms with van der Waals surface area (Å²) in [4.78, 5) is 28.3. The summed E-state index contributed by atoms with van der Waals surface area (Å²) >= 11 is 0. The molecule has 2 aromatic rings. The van der Waals surface area contributed by atoms with Gasteiger partial charge in [-0.05, 0) is 49.3 Å². The number of nitrogens with one attached hydrogen (secondary N) is 1. The molecule has 5 nitrogen and oxygen atoms in total. The fourth-order valence-corrected chi connectivity index (χ4v) is 4.61. The fraction of sp³-hybridized carbons (Fsp3) is 0.500. The third-order valence-corrected chi connectivity index (χ3v) is 6.42. The summed E-state index contributed by atoms with van der Waals surface area (Å²) in [5, 5.41) is 3.19. The third-order valence-electron chi connectivity index (χ3n) is 6.42. The van der Waals surface area contributed by atoms with E-state index in [4.69, 9.17) is 4.74 Å². The number of hydrogen-bond donors (Lipinski definition) is 1. The molecule has 0 spiro atoms. The third kappa shape index (κ3) is 6.83. The molecule has 3 rings (SSSR count). The van der Waals surface area contributed by atoms with Gasteiger partial charge in [-0.3, -0.25) is 9.59 Å². The van der Waals surface area contributed by atoms with Crippen molar-refractivity contribution in [3.05, 3.63) is 65.2 Å². The molecule has 2 amide bonds. The van der Waals surface area contributed by atoms with Crippen molar-refractivity contribution in [1.82, 2.24) is 10.2 Å². The van der Waals surface area contributed by atoms with Crippen LogP contribution >= 0.6 is 0 Å². The number of hydrogen-bond acceptors (Lipinski definition) is 3. The van der Waals surface area contributed by atoms with Crippen molar-refractivity contribution in [3.8, 4) is 5.75 Å². The van der Waals surface area contributed by atoms with Crippen LogP contribution in [0.15, 0.2) is 48.5 Å². The van der Waals surface area contributed by atoms with Gasteiger partial charge in [-0.2, -0.15) is 0 Å². The minimum Gasteiger partial charge on any atom is -0.483 e. The summed E-state index contributed by atoms with van der Waals surface area (Å²) in [5.74, 6) is 0.775. The van der Waals surface area contributed by atoms with Crippen LogP contribution in [0.2, 0.25) is 0 Å². The molecule has 2 aromatic carbocycles. The number of amides is 2.